The van der Waals surface area contributed by atoms with Crippen molar-refractivity contribution in [1.29, 1.82) is 0 Å². The van der Waals surface area contributed by atoms with E-state index in [2.05, 4.69) is 10.3 Å². The Morgan fingerprint density at radius 3 is 2.58 bits per heavy atom. The van der Waals surface area contributed by atoms with Crippen molar-refractivity contribution in [2.45, 2.75) is 25.7 Å². The summed E-state index contributed by atoms with van der Waals surface area (Å²) in [6.45, 7) is 0.416. The van der Waals surface area contributed by atoms with Crippen LogP contribution in [0.15, 0.2) is 0 Å². The van der Waals surface area contributed by atoms with E-state index in [-0.39, 0.29) is 0 Å². The summed E-state index contributed by atoms with van der Waals surface area (Å²) in [7, 11) is 1.50. The van der Waals surface area contributed by atoms with E-state index >= 15 is 0 Å². The Kier molecular flexibility index (Phi) is 3.05. The third-order valence-electron chi connectivity index (χ3n) is 2.57. The summed E-state index contributed by atoms with van der Waals surface area (Å²) < 4.78 is 0. The van der Waals surface area contributed by atoms with Crippen molar-refractivity contribution in [2.24, 2.45) is 5.41 Å². The standard InChI is InChI=1S/C8H15NO3/c1-12-9-6-8(7(10)11)4-2-3-5-8/h9H,2-6H2,1H3,(H,10,11). The topological polar surface area (TPSA) is 58.6 Å². The van der Waals surface area contributed by atoms with E-state index in [0.717, 1.165) is 25.7 Å². The van der Waals surface area contributed by atoms with Gasteiger partial charge in [0, 0.05) is 6.54 Å². The first-order chi connectivity index (χ1) is 5.71. The molecule has 0 bridgehead atoms. The number of carbonyl (C=O) groups is 1. The Morgan fingerprint density at radius 2 is 2.17 bits per heavy atom. The highest BCUT2D eigenvalue weighted by molar-refractivity contribution is 5.75. The zero-order chi connectivity index (χ0) is 9.03. The Balaban J connectivity index is 2.53. The Bertz CT molecular complexity index is 164. The summed E-state index contributed by atoms with van der Waals surface area (Å²) >= 11 is 0. The van der Waals surface area contributed by atoms with Gasteiger partial charge in [-0.15, -0.1) is 0 Å². The first kappa shape index (κ1) is 9.48. The zero-order valence-electron chi connectivity index (χ0n) is 7.30. The monoisotopic (exact) mass is 173 g/mol. The van der Waals surface area contributed by atoms with Crippen molar-refractivity contribution in [3.8, 4) is 0 Å². The fourth-order valence-electron chi connectivity index (χ4n) is 1.73. The average molecular weight is 173 g/mol. The fourth-order valence-corrected chi connectivity index (χ4v) is 1.73. The number of carboxylic acids is 1. The zero-order valence-corrected chi connectivity index (χ0v) is 7.30. The van der Waals surface area contributed by atoms with E-state index in [9.17, 15) is 4.79 Å². The molecule has 0 radical (unpaired) electrons. The van der Waals surface area contributed by atoms with Gasteiger partial charge < -0.3 is 9.94 Å². The van der Waals surface area contributed by atoms with Gasteiger partial charge in [0.05, 0.1) is 12.5 Å². The summed E-state index contributed by atoms with van der Waals surface area (Å²) in [5.74, 6) is -0.704. The number of hydroxylamine groups is 1. The normalized spacial score (nSPS) is 21.1. The molecule has 0 heterocycles. The van der Waals surface area contributed by atoms with Gasteiger partial charge in [0.15, 0.2) is 0 Å². The average Bonchev–Trinajstić information content (AvgIpc) is 2.50. The van der Waals surface area contributed by atoms with Crippen molar-refractivity contribution >= 4 is 5.97 Å². The van der Waals surface area contributed by atoms with Crippen molar-refractivity contribution in [1.82, 2.24) is 5.48 Å². The van der Waals surface area contributed by atoms with E-state index in [4.69, 9.17) is 5.11 Å². The lowest BCUT2D eigenvalue weighted by Crippen LogP contribution is -2.38. The fraction of sp³-hybridized carbons (Fsp3) is 0.875. The third kappa shape index (κ3) is 1.76. The van der Waals surface area contributed by atoms with Crippen molar-refractivity contribution in [3.05, 3.63) is 0 Å². The third-order valence-corrected chi connectivity index (χ3v) is 2.57. The van der Waals surface area contributed by atoms with E-state index in [1.165, 1.54) is 7.11 Å². The number of carboxylic acid groups (broad SMARTS) is 1. The molecule has 0 unspecified atom stereocenters. The lowest BCUT2D eigenvalue weighted by atomic mass is 9.87. The largest absolute Gasteiger partial charge is 0.481 e. The minimum absolute atomic E-state index is 0.416. The molecule has 1 rings (SSSR count). The smallest absolute Gasteiger partial charge is 0.311 e. The van der Waals surface area contributed by atoms with Crippen LogP contribution in [0.5, 0.6) is 0 Å². The van der Waals surface area contributed by atoms with Gasteiger partial charge in [-0.2, -0.15) is 0 Å². The predicted molar refractivity (Wildman–Crippen MR) is 43.5 cm³/mol. The highest BCUT2D eigenvalue weighted by atomic mass is 16.6. The van der Waals surface area contributed by atoms with E-state index in [0.29, 0.717) is 6.54 Å². The second-order valence-electron chi connectivity index (χ2n) is 3.32. The van der Waals surface area contributed by atoms with Gasteiger partial charge in [0.25, 0.3) is 0 Å². The van der Waals surface area contributed by atoms with Gasteiger partial charge in [-0.1, -0.05) is 12.8 Å². The van der Waals surface area contributed by atoms with E-state index in [1.807, 2.05) is 0 Å². The van der Waals surface area contributed by atoms with Gasteiger partial charge in [0.1, 0.15) is 0 Å². The molecule has 0 atom stereocenters. The van der Waals surface area contributed by atoms with Crippen LogP contribution in [-0.2, 0) is 9.63 Å². The molecule has 12 heavy (non-hydrogen) atoms. The second kappa shape index (κ2) is 3.87. The Morgan fingerprint density at radius 1 is 1.58 bits per heavy atom. The maximum atomic E-state index is 10.9. The Hall–Kier alpha value is -0.610. The van der Waals surface area contributed by atoms with Crippen LogP contribution in [0.25, 0.3) is 0 Å². The molecule has 0 saturated heterocycles. The number of aliphatic carboxylic acids is 1. The number of rotatable bonds is 4. The summed E-state index contributed by atoms with van der Waals surface area (Å²) in [6.07, 6.45) is 3.55. The lowest BCUT2D eigenvalue weighted by Gasteiger charge is -2.22. The molecule has 2 N–H and O–H groups in total. The minimum atomic E-state index is -0.704. The Labute approximate surface area is 71.9 Å². The number of nitrogens with one attached hydrogen (secondary N) is 1. The summed E-state index contributed by atoms with van der Waals surface area (Å²) in [5.41, 5.74) is 2.06. The van der Waals surface area contributed by atoms with Crippen LogP contribution in [0.4, 0.5) is 0 Å². The van der Waals surface area contributed by atoms with Crippen LogP contribution >= 0.6 is 0 Å². The van der Waals surface area contributed by atoms with Gasteiger partial charge in [-0.25, -0.2) is 5.48 Å². The molecule has 0 spiro atoms. The van der Waals surface area contributed by atoms with Gasteiger partial charge in [-0.3, -0.25) is 4.79 Å². The molecule has 0 aromatic heterocycles. The van der Waals surface area contributed by atoms with Gasteiger partial charge >= 0.3 is 5.97 Å². The second-order valence-corrected chi connectivity index (χ2v) is 3.32. The molecule has 0 amide bonds. The van der Waals surface area contributed by atoms with Gasteiger partial charge in [0.2, 0.25) is 0 Å². The van der Waals surface area contributed by atoms with Crippen LogP contribution in [-0.4, -0.2) is 24.7 Å². The highest BCUT2D eigenvalue weighted by Crippen LogP contribution is 2.37. The molecule has 1 aliphatic rings. The van der Waals surface area contributed by atoms with Crippen molar-refractivity contribution in [3.63, 3.8) is 0 Å². The van der Waals surface area contributed by atoms with Crippen LogP contribution in [0.2, 0.25) is 0 Å². The molecule has 70 valence electrons. The highest BCUT2D eigenvalue weighted by Gasteiger charge is 2.40. The molecule has 1 aliphatic carbocycles. The summed E-state index contributed by atoms with van der Waals surface area (Å²) in [6, 6.07) is 0. The van der Waals surface area contributed by atoms with Crippen LogP contribution < -0.4 is 5.48 Å². The van der Waals surface area contributed by atoms with Crippen LogP contribution in [0.3, 0.4) is 0 Å². The summed E-state index contributed by atoms with van der Waals surface area (Å²) in [5, 5.41) is 8.99. The minimum Gasteiger partial charge on any atom is -0.481 e. The van der Waals surface area contributed by atoms with Crippen molar-refractivity contribution in [2.75, 3.05) is 13.7 Å². The molecular formula is C8H15NO3. The number of hydrogen-bond donors (Lipinski definition) is 2. The molecule has 4 nitrogen and oxygen atoms in total. The first-order valence-electron chi connectivity index (χ1n) is 4.20. The maximum absolute atomic E-state index is 10.9. The number of hydrogen-bond acceptors (Lipinski definition) is 3. The summed E-state index contributed by atoms with van der Waals surface area (Å²) in [4.78, 5) is 15.6. The SMILES string of the molecule is CONCC1(C(=O)O)CCCC1. The maximum Gasteiger partial charge on any atom is 0.311 e. The van der Waals surface area contributed by atoms with Gasteiger partial charge in [-0.05, 0) is 12.8 Å². The van der Waals surface area contributed by atoms with Crippen molar-refractivity contribution < 1.29 is 14.7 Å². The molecule has 0 aromatic rings. The molecular weight excluding hydrogens is 158 g/mol. The van der Waals surface area contributed by atoms with E-state index < -0.39 is 11.4 Å². The molecule has 1 fully saturated rings. The van der Waals surface area contributed by atoms with E-state index in [1.54, 1.807) is 0 Å². The lowest BCUT2D eigenvalue weighted by molar-refractivity contribution is -0.149. The predicted octanol–water partition coefficient (Wildman–Crippen LogP) is 0.782. The molecule has 0 aliphatic heterocycles. The molecule has 0 aromatic carbocycles. The quantitative estimate of drug-likeness (QED) is 0.617. The van der Waals surface area contributed by atoms with Crippen LogP contribution in [0.1, 0.15) is 25.7 Å². The molecule has 4 heteroatoms. The first-order valence-corrected chi connectivity index (χ1v) is 4.20. The molecule has 1 saturated carbocycles. The van der Waals surface area contributed by atoms with Crippen LogP contribution in [0, 0.1) is 5.41 Å².